The number of nitriles is 1. The first-order valence-corrected chi connectivity index (χ1v) is 10.9. The van der Waals surface area contributed by atoms with E-state index in [1.807, 2.05) is 13.0 Å². The van der Waals surface area contributed by atoms with Crippen LogP contribution >= 0.6 is 0 Å². The molecule has 2 aromatic carbocycles. The van der Waals surface area contributed by atoms with Gasteiger partial charge in [-0.2, -0.15) is 10.4 Å². The van der Waals surface area contributed by atoms with Crippen molar-refractivity contribution < 1.29 is 23.0 Å². The molecule has 4 aromatic rings. The average Bonchev–Trinajstić information content (AvgIpc) is 3.18. The zero-order chi connectivity index (χ0) is 25.3. The van der Waals surface area contributed by atoms with E-state index in [1.54, 1.807) is 0 Å². The van der Waals surface area contributed by atoms with Crippen LogP contribution in [0.25, 0.3) is 33.4 Å². The normalized spacial score (nSPS) is 12.0. The number of nitrogens with two attached hydrogens (primary N) is 1. The molecule has 0 radical (unpaired) electrons. The minimum atomic E-state index is -0.936. The van der Waals surface area contributed by atoms with Crippen molar-refractivity contribution >= 4 is 16.7 Å². The van der Waals surface area contributed by atoms with Gasteiger partial charge in [-0.15, -0.1) is 0 Å². The number of aliphatic hydroxyl groups excluding tert-OH is 1. The Morgan fingerprint density at radius 3 is 2.49 bits per heavy atom. The molecule has 0 spiro atoms. The van der Waals surface area contributed by atoms with Gasteiger partial charge in [0.1, 0.15) is 40.2 Å². The Balaban J connectivity index is 2.00. The number of benzene rings is 2. The summed E-state index contributed by atoms with van der Waals surface area (Å²) in [4.78, 5) is 4.11. The summed E-state index contributed by atoms with van der Waals surface area (Å²) in [6, 6.07) is 9.57. The van der Waals surface area contributed by atoms with Gasteiger partial charge in [0.05, 0.1) is 19.8 Å². The van der Waals surface area contributed by atoms with Crippen molar-refractivity contribution in [2.75, 3.05) is 19.5 Å². The Labute approximate surface area is 199 Å². The molecule has 0 aliphatic rings. The van der Waals surface area contributed by atoms with Gasteiger partial charge in [0.15, 0.2) is 17.4 Å². The highest BCUT2D eigenvalue weighted by Gasteiger charge is 2.27. The van der Waals surface area contributed by atoms with E-state index in [1.165, 1.54) is 42.1 Å². The third-order valence-corrected chi connectivity index (χ3v) is 5.82. The fourth-order valence-corrected chi connectivity index (χ4v) is 4.11. The summed E-state index contributed by atoms with van der Waals surface area (Å²) >= 11 is 0. The van der Waals surface area contributed by atoms with Crippen LogP contribution in [0.15, 0.2) is 36.4 Å². The lowest BCUT2D eigenvalue weighted by molar-refractivity contribution is 0.212. The molecule has 1 atom stereocenters. The lowest BCUT2D eigenvalue weighted by Gasteiger charge is -2.15. The molecule has 0 saturated heterocycles. The number of rotatable bonds is 7. The van der Waals surface area contributed by atoms with Gasteiger partial charge in [0.25, 0.3) is 0 Å². The molecule has 0 bridgehead atoms. The molecule has 0 aliphatic carbocycles. The standard InChI is InChI=1S/C25H22F3N5O2/c1-3-6-13(12-34)33-25(30)17(11-29)21(32-33)15-9-10-16-23(19(15)27)31-22(20(28)24(16)35-2)14-7-4-5-8-18(14)26/h4-5,7-10,13,34H,3,6,12,30H2,1-2H3. The SMILES string of the molecule is CCCC(CO)n1nc(-c2ccc3c(OC)c(F)c(-c4ccccc4F)nc3c2F)c(C#N)c1N. The molecule has 180 valence electrons. The molecule has 2 heterocycles. The Morgan fingerprint density at radius 2 is 1.86 bits per heavy atom. The summed E-state index contributed by atoms with van der Waals surface area (Å²) in [6.07, 6.45) is 1.26. The van der Waals surface area contributed by atoms with E-state index < -0.39 is 29.2 Å². The van der Waals surface area contributed by atoms with Gasteiger partial charge in [0, 0.05) is 16.5 Å². The van der Waals surface area contributed by atoms with Crippen molar-refractivity contribution in [3.8, 4) is 34.3 Å². The summed E-state index contributed by atoms with van der Waals surface area (Å²) in [6.45, 7) is 1.65. The summed E-state index contributed by atoms with van der Waals surface area (Å²) in [5, 5.41) is 23.8. The van der Waals surface area contributed by atoms with Gasteiger partial charge in [-0.3, -0.25) is 0 Å². The van der Waals surface area contributed by atoms with E-state index in [9.17, 15) is 14.8 Å². The van der Waals surface area contributed by atoms with Gasteiger partial charge in [-0.05, 0) is 30.7 Å². The third-order valence-electron chi connectivity index (χ3n) is 5.82. The number of fused-ring (bicyclic) bond motifs is 1. The predicted molar refractivity (Wildman–Crippen MR) is 125 cm³/mol. The average molecular weight is 481 g/mol. The van der Waals surface area contributed by atoms with E-state index in [0.29, 0.717) is 6.42 Å². The minimum Gasteiger partial charge on any atom is -0.493 e. The first-order valence-electron chi connectivity index (χ1n) is 10.9. The van der Waals surface area contributed by atoms with Crippen molar-refractivity contribution in [1.82, 2.24) is 14.8 Å². The molecule has 0 fully saturated rings. The van der Waals surface area contributed by atoms with E-state index in [0.717, 1.165) is 12.5 Å². The van der Waals surface area contributed by atoms with Gasteiger partial charge in [0.2, 0.25) is 0 Å². The molecular formula is C25H22F3N5O2. The van der Waals surface area contributed by atoms with Gasteiger partial charge < -0.3 is 15.6 Å². The molecule has 2 aromatic heterocycles. The number of aromatic nitrogens is 3. The molecule has 10 heteroatoms. The highest BCUT2D eigenvalue weighted by molar-refractivity contribution is 5.92. The summed E-state index contributed by atoms with van der Waals surface area (Å²) in [7, 11) is 1.22. The largest absolute Gasteiger partial charge is 0.493 e. The van der Waals surface area contributed by atoms with Crippen LogP contribution in [0.1, 0.15) is 31.4 Å². The second kappa shape index (κ2) is 9.64. The number of halogens is 3. The van der Waals surface area contributed by atoms with Gasteiger partial charge in [-0.1, -0.05) is 25.5 Å². The Bertz CT molecular complexity index is 1460. The molecule has 35 heavy (non-hydrogen) atoms. The van der Waals surface area contributed by atoms with Crippen LogP contribution < -0.4 is 10.5 Å². The summed E-state index contributed by atoms with van der Waals surface area (Å²) in [5.74, 6) is -2.88. The van der Waals surface area contributed by atoms with Crippen molar-refractivity contribution in [3.63, 3.8) is 0 Å². The lowest BCUT2D eigenvalue weighted by atomic mass is 10.0. The first kappa shape index (κ1) is 24.0. The van der Waals surface area contributed by atoms with Crippen molar-refractivity contribution in [2.45, 2.75) is 25.8 Å². The number of methoxy groups -OCH3 is 1. The number of hydrogen-bond acceptors (Lipinski definition) is 6. The molecule has 0 saturated carbocycles. The van der Waals surface area contributed by atoms with E-state index >= 15 is 8.78 Å². The number of hydrogen-bond donors (Lipinski definition) is 2. The van der Waals surface area contributed by atoms with Crippen molar-refractivity contribution in [1.29, 1.82) is 5.26 Å². The Morgan fingerprint density at radius 1 is 1.11 bits per heavy atom. The second-order valence-electron chi connectivity index (χ2n) is 7.90. The maximum Gasteiger partial charge on any atom is 0.192 e. The van der Waals surface area contributed by atoms with Crippen LogP contribution in [0.5, 0.6) is 5.75 Å². The number of nitrogens with zero attached hydrogens (tertiary/aromatic N) is 4. The number of aliphatic hydroxyl groups is 1. The molecule has 4 rings (SSSR count). The number of ether oxygens (including phenoxy) is 1. The summed E-state index contributed by atoms with van der Waals surface area (Å²) in [5.41, 5.74) is 5.04. The number of pyridine rings is 1. The molecule has 1 unspecified atom stereocenters. The highest BCUT2D eigenvalue weighted by atomic mass is 19.1. The number of anilines is 1. The van der Waals surface area contributed by atoms with E-state index in [-0.39, 0.29) is 51.5 Å². The quantitative estimate of drug-likeness (QED) is 0.385. The zero-order valence-electron chi connectivity index (χ0n) is 19.0. The second-order valence-corrected chi connectivity index (χ2v) is 7.90. The molecule has 0 aliphatic heterocycles. The van der Waals surface area contributed by atoms with Crippen LogP contribution in [0, 0.1) is 28.8 Å². The minimum absolute atomic E-state index is 0.00816. The molecule has 3 N–H and O–H groups in total. The molecule has 0 amide bonds. The Hall–Kier alpha value is -4.10. The first-order chi connectivity index (χ1) is 16.9. The van der Waals surface area contributed by atoms with Crippen LogP contribution in [0.2, 0.25) is 0 Å². The van der Waals surface area contributed by atoms with Gasteiger partial charge in [-0.25, -0.2) is 22.8 Å². The van der Waals surface area contributed by atoms with Crippen LogP contribution in [0.3, 0.4) is 0 Å². The van der Waals surface area contributed by atoms with Crippen LogP contribution in [-0.4, -0.2) is 33.6 Å². The van der Waals surface area contributed by atoms with Gasteiger partial charge >= 0.3 is 0 Å². The Kier molecular flexibility index (Phi) is 6.62. The predicted octanol–water partition coefficient (Wildman–Crippen LogP) is 4.98. The maximum absolute atomic E-state index is 15.9. The fraction of sp³-hybridized carbons (Fsp3) is 0.240. The molecular weight excluding hydrogens is 459 g/mol. The molecule has 7 nitrogen and oxygen atoms in total. The van der Waals surface area contributed by atoms with E-state index in [4.69, 9.17) is 10.5 Å². The maximum atomic E-state index is 15.9. The van der Waals surface area contributed by atoms with Crippen LogP contribution in [0.4, 0.5) is 19.0 Å². The number of nitrogen functional groups attached to an aromatic ring is 1. The fourth-order valence-electron chi connectivity index (χ4n) is 4.11. The van der Waals surface area contributed by atoms with Crippen molar-refractivity contribution in [2.24, 2.45) is 0 Å². The van der Waals surface area contributed by atoms with Crippen LogP contribution in [-0.2, 0) is 0 Å². The lowest BCUT2D eigenvalue weighted by Crippen LogP contribution is -2.17. The summed E-state index contributed by atoms with van der Waals surface area (Å²) < 4.78 is 52.0. The third kappa shape index (κ3) is 3.94. The highest BCUT2D eigenvalue weighted by Crippen LogP contribution is 2.39. The smallest absolute Gasteiger partial charge is 0.192 e. The topological polar surface area (TPSA) is 110 Å². The van der Waals surface area contributed by atoms with Crippen molar-refractivity contribution in [3.05, 3.63) is 59.4 Å². The zero-order valence-corrected chi connectivity index (χ0v) is 19.0. The van der Waals surface area contributed by atoms with E-state index in [2.05, 4.69) is 10.1 Å². The monoisotopic (exact) mass is 481 g/mol.